The smallest absolute Gasteiger partial charge is 0.211 e. The largest absolute Gasteiger partial charge is 1.00 e. The second kappa shape index (κ2) is 5.65. The normalized spacial score (nSPS) is 9.21. The lowest BCUT2D eigenvalue weighted by molar-refractivity contribution is -0.364. The average Bonchev–Trinajstić information content (AvgIpc) is 2.20. The predicted octanol–water partition coefficient (Wildman–Crippen LogP) is -0.224. The Hall–Kier alpha value is -0.170. The summed E-state index contributed by atoms with van der Waals surface area (Å²) in [5.74, 6) is 0. The zero-order valence-corrected chi connectivity index (χ0v) is 11.7. The van der Waals surface area contributed by atoms with Gasteiger partial charge in [0.25, 0.3) is 0 Å². The maximum Gasteiger partial charge on any atom is 0.211 e. The first kappa shape index (κ1) is 11.9. The monoisotopic (exact) mass is 409 g/mol. The summed E-state index contributed by atoms with van der Waals surface area (Å²) in [6, 6.07) is 14.4. The molecule has 0 atom stereocenters. The molecule has 0 unspecified atom stereocenters. The average molecular weight is 409 g/mol. The van der Waals surface area contributed by atoms with E-state index in [0.29, 0.717) is 0 Å². The number of halogens is 2. The van der Waals surface area contributed by atoms with Crippen molar-refractivity contribution in [1.29, 1.82) is 0 Å². The van der Waals surface area contributed by atoms with E-state index in [1.807, 2.05) is 24.4 Å². The SMILES string of the molecule is Ic1ccccc1-c1cccc[nH+]1.[I-]. The standard InChI is InChI=1S/C11H8IN.HI/c12-10-6-2-1-5-9(10)11-7-3-4-8-13-11;/h1-8H;1H. The van der Waals surface area contributed by atoms with Crippen molar-refractivity contribution in [3.05, 3.63) is 52.2 Å². The Kier molecular flexibility index (Phi) is 4.80. The summed E-state index contributed by atoms with van der Waals surface area (Å²) in [6.45, 7) is 0. The van der Waals surface area contributed by atoms with E-state index in [9.17, 15) is 0 Å². The molecule has 72 valence electrons. The van der Waals surface area contributed by atoms with Crippen LogP contribution in [0.25, 0.3) is 11.3 Å². The molecule has 1 aromatic carbocycles. The highest BCUT2D eigenvalue weighted by molar-refractivity contribution is 14.1. The summed E-state index contributed by atoms with van der Waals surface area (Å²) in [7, 11) is 0. The van der Waals surface area contributed by atoms with Gasteiger partial charge in [-0.05, 0) is 40.8 Å². The molecule has 1 aromatic heterocycles. The van der Waals surface area contributed by atoms with Gasteiger partial charge in [-0.3, -0.25) is 0 Å². The van der Waals surface area contributed by atoms with Crippen LogP contribution in [0, 0.1) is 3.57 Å². The van der Waals surface area contributed by atoms with E-state index in [2.05, 4.69) is 51.8 Å². The van der Waals surface area contributed by atoms with E-state index < -0.39 is 0 Å². The molecule has 0 saturated carbocycles. The fourth-order valence-electron chi connectivity index (χ4n) is 1.24. The molecule has 0 bridgehead atoms. The van der Waals surface area contributed by atoms with E-state index in [-0.39, 0.29) is 24.0 Å². The summed E-state index contributed by atoms with van der Waals surface area (Å²) < 4.78 is 1.27. The molecule has 0 amide bonds. The molecule has 2 rings (SSSR count). The topological polar surface area (TPSA) is 14.1 Å². The van der Waals surface area contributed by atoms with Crippen LogP contribution in [0.5, 0.6) is 0 Å². The number of H-pyrrole nitrogens is 1. The minimum Gasteiger partial charge on any atom is -1.00 e. The highest BCUT2D eigenvalue weighted by Gasteiger charge is 2.06. The van der Waals surface area contributed by atoms with Crippen LogP contribution in [0.3, 0.4) is 0 Å². The van der Waals surface area contributed by atoms with Gasteiger partial charge in [-0.15, -0.1) is 0 Å². The van der Waals surface area contributed by atoms with Crippen LogP contribution in [0.4, 0.5) is 0 Å². The number of nitrogens with one attached hydrogen (secondary N) is 1. The minimum atomic E-state index is 0. The van der Waals surface area contributed by atoms with Gasteiger partial charge >= 0.3 is 0 Å². The van der Waals surface area contributed by atoms with E-state index in [4.69, 9.17) is 0 Å². The first-order chi connectivity index (χ1) is 6.38. The third-order valence-corrected chi connectivity index (χ3v) is 2.81. The van der Waals surface area contributed by atoms with Gasteiger partial charge in [0.2, 0.25) is 5.69 Å². The molecular weight excluding hydrogens is 400 g/mol. The molecule has 1 nitrogen and oxygen atoms in total. The van der Waals surface area contributed by atoms with Gasteiger partial charge in [0.1, 0.15) is 0 Å². The van der Waals surface area contributed by atoms with Crippen molar-refractivity contribution >= 4 is 22.6 Å². The number of benzene rings is 1. The highest BCUT2D eigenvalue weighted by atomic mass is 127. The molecule has 3 heteroatoms. The minimum absolute atomic E-state index is 0. The van der Waals surface area contributed by atoms with Crippen molar-refractivity contribution in [2.24, 2.45) is 0 Å². The van der Waals surface area contributed by atoms with Crippen LogP contribution in [-0.4, -0.2) is 0 Å². The number of pyridine rings is 1. The Morgan fingerprint density at radius 3 is 2.29 bits per heavy atom. The molecule has 0 saturated heterocycles. The van der Waals surface area contributed by atoms with Gasteiger partial charge < -0.3 is 24.0 Å². The first-order valence-corrected chi connectivity index (χ1v) is 5.17. The van der Waals surface area contributed by atoms with Crippen LogP contribution in [0.1, 0.15) is 0 Å². The Bertz CT molecular complexity index is 401. The second-order valence-corrected chi connectivity index (χ2v) is 3.92. The molecule has 1 N–H and O–H groups in total. The maximum atomic E-state index is 3.22. The molecule has 0 fully saturated rings. The molecule has 0 aliphatic rings. The number of rotatable bonds is 1. The van der Waals surface area contributed by atoms with Gasteiger partial charge in [0, 0.05) is 15.7 Å². The van der Waals surface area contributed by atoms with Crippen molar-refractivity contribution in [2.45, 2.75) is 0 Å². The van der Waals surface area contributed by atoms with Crippen LogP contribution in [-0.2, 0) is 0 Å². The number of hydrogen-bond acceptors (Lipinski definition) is 0. The molecule has 0 radical (unpaired) electrons. The fraction of sp³-hybridized carbons (Fsp3) is 0. The summed E-state index contributed by atoms with van der Waals surface area (Å²) in [5, 5.41) is 0. The Balaban J connectivity index is 0.000000980. The van der Waals surface area contributed by atoms with E-state index in [0.717, 1.165) is 5.69 Å². The summed E-state index contributed by atoms with van der Waals surface area (Å²) in [5.41, 5.74) is 2.41. The van der Waals surface area contributed by atoms with Crippen molar-refractivity contribution in [3.8, 4) is 11.3 Å². The Labute approximate surface area is 114 Å². The molecular formula is C11H9I2N. The van der Waals surface area contributed by atoms with Gasteiger partial charge in [-0.2, -0.15) is 0 Å². The molecule has 1 heterocycles. The molecule has 0 aliphatic carbocycles. The van der Waals surface area contributed by atoms with Crippen molar-refractivity contribution < 1.29 is 29.0 Å². The fourth-order valence-corrected chi connectivity index (χ4v) is 1.92. The van der Waals surface area contributed by atoms with Crippen molar-refractivity contribution in [1.82, 2.24) is 0 Å². The number of aromatic amines is 1. The van der Waals surface area contributed by atoms with E-state index in [1.54, 1.807) is 0 Å². The van der Waals surface area contributed by atoms with Crippen LogP contribution < -0.4 is 29.0 Å². The lowest BCUT2D eigenvalue weighted by Gasteiger charge is -1.97. The van der Waals surface area contributed by atoms with Crippen LogP contribution in [0.15, 0.2) is 48.7 Å². The third-order valence-electron chi connectivity index (χ3n) is 1.87. The summed E-state index contributed by atoms with van der Waals surface area (Å²) in [6.07, 6.45) is 1.94. The zero-order valence-electron chi connectivity index (χ0n) is 7.37. The van der Waals surface area contributed by atoms with Gasteiger partial charge in [0.05, 0.1) is 5.56 Å². The Morgan fingerprint density at radius 2 is 1.64 bits per heavy atom. The second-order valence-electron chi connectivity index (χ2n) is 2.76. The van der Waals surface area contributed by atoms with Crippen molar-refractivity contribution in [3.63, 3.8) is 0 Å². The van der Waals surface area contributed by atoms with E-state index in [1.165, 1.54) is 9.13 Å². The van der Waals surface area contributed by atoms with Gasteiger partial charge in [0.15, 0.2) is 6.20 Å². The molecule has 0 aliphatic heterocycles. The predicted molar refractivity (Wildman–Crippen MR) is 61.2 cm³/mol. The third kappa shape index (κ3) is 2.66. The number of aromatic nitrogens is 1. The Morgan fingerprint density at radius 1 is 0.929 bits per heavy atom. The van der Waals surface area contributed by atoms with E-state index >= 15 is 0 Å². The zero-order chi connectivity index (χ0) is 9.10. The molecule has 0 spiro atoms. The molecule has 2 aromatic rings. The summed E-state index contributed by atoms with van der Waals surface area (Å²) in [4.78, 5) is 3.22. The summed E-state index contributed by atoms with van der Waals surface area (Å²) >= 11 is 2.34. The molecule has 14 heavy (non-hydrogen) atoms. The number of hydrogen-bond donors (Lipinski definition) is 0. The van der Waals surface area contributed by atoms with Crippen molar-refractivity contribution in [2.75, 3.05) is 0 Å². The lowest BCUT2D eigenvalue weighted by Crippen LogP contribution is -3.00. The van der Waals surface area contributed by atoms with Crippen LogP contribution >= 0.6 is 22.6 Å². The van der Waals surface area contributed by atoms with Gasteiger partial charge in [-0.25, -0.2) is 4.98 Å². The maximum absolute atomic E-state index is 3.22. The van der Waals surface area contributed by atoms with Crippen LogP contribution in [0.2, 0.25) is 0 Å². The highest BCUT2D eigenvalue weighted by Crippen LogP contribution is 2.20. The van der Waals surface area contributed by atoms with Gasteiger partial charge in [-0.1, -0.05) is 12.1 Å². The lowest BCUT2D eigenvalue weighted by atomic mass is 10.1. The quantitative estimate of drug-likeness (QED) is 0.579. The first-order valence-electron chi connectivity index (χ1n) is 4.09.